The molecule has 9 heteroatoms. The monoisotopic (exact) mass is 376 g/mol. The number of aromatic nitrogens is 2. The van der Waals surface area contributed by atoms with Crippen molar-refractivity contribution < 1.29 is 13.2 Å². The number of benzene rings is 1. The molecule has 2 aromatic rings. The summed E-state index contributed by atoms with van der Waals surface area (Å²) in [7, 11) is 0. The van der Waals surface area contributed by atoms with Crippen LogP contribution in [0.1, 0.15) is 5.69 Å². The fourth-order valence-electron chi connectivity index (χ4n) is 1.53. The van der Waals surface area contributed by atoms with Crippen LogP contribution in [0.2, 0.25) is 0 Å². The highest BCUT2D eigenvalue weighted by atomic mass is 79.9. The van der Waals surface area contributed by atoms with Crippen LogP contribution in [0.3, 0.4) is 0 Å². The van der Waals surface area contributed by atoms with Crippen LogP contribution in [-0.2, 0) is 6.18 Å². The van der Waals surface area contributed by atoms with E-state index >= 15 is 0 Å². The molecule has 0 bridgehead atoms. The van der Waals surface area contributed by atoms with Gasteiger partial charge in [-0.2, -0.15) is 13.2 Å². The maximum atomic E-state index is 12.9. The van der Waals surface area contributed by atoms with Crippen molar-refractivity contribution in [1.82, 2.24) is 9.97 Å². The Hall–Kier alpha value is -1.74. The van der Waals surface area contributed by atoms with Gasteiger partial charge >= 0.3 is 6.18 Å². The van der Waals surface area contributed by atoms with E-state index in [9.17, 15) is 13.2 Å². The van der Waals surface area contributed by atoms with Gasteiger partial charge in [0.05, 0.1) is 5.69 Å². The molecule has 2 rings (SSSR count). The molecule has 1 heterocycles. The Labute approximate surface area is 131 Å². The van der Waals surface area contributed by atoms with Crippen molar-refractivity contribution in [3.63, 3.8) is 0 Å². The number of nitrogens with one attached hydrogen (secondary N) is 1. The lowest BCUT2D eigenvalue weighted by molar-refractivity contribution is -0.141. The van der Waals surface area contributed by atoms with Gasteiger partial charge in [0.25, 0.3) is 0 Å². The topological polar surface area (TPSA) is 63.8 Å². The third kappa shape index (κ3) is 4.11. The summed E-state index contributed by atoms with van der Waals surface area (Å²) in [6, 6.07) is 7.54. The molecule has 0 fully saturated rings. The lowest BCUT2D eigenvalue weighted by Gasteiger charge is -2.11. The molecular formula is C12H8BrF3N4S. The first-order valence-electron chi connectivity index (χ1n) is 5.54. The highest BCUT2D eigenvalue weighted by Crippen LogP contribution is 2.31. The standard InChI is InChI=1S/C12H8BrF3N4S/c13-7-3-1-6(2-4-7)8-5-9(12(14,15)16)19-11(18-8)20-10(17)21/h1-5H,(H3,17,18,19,20,21). The number of nitrogens with two attached hydrogens (primary N) is 1. The van der Waals surface area contributed by atoms with Gasteiger partial charge in [0, 0.05) is 10.0 Å². The lowest BCUT2D eigenvalue weighted by Crippen LogP contribution is -2.22. The van der Waals surface area contributed by atoms with Gasteiger partial charge in [-0.1, -0.05) is 28.1 Å². The van der Waals surface area contributed by atoms with Crippen molar-refractivity contribution in [3.05, 3.63) is 40.5 Å². The van der Waals surface area contributed by atoms with E-state index in [1.54, 1.807) is 24.3 Å². The summed E-state index contributed by atoms with van der Waals surface area (Å²) in [6.07, 6.45) is -4.60. The zero-order valence-corrected chi connectivity index (χ0v) is 12.7. The molecule has 0 aliphatic carbocycles. The third-order valence-electron chi connectivity index (χ3n) is 2.39. The molecule has 1 aromatic carbocycles. The van der Waals surface area contributed by atoms with Gasteiger partial charge in [-0.15, -0.1) is 0 Å². The Bertz CT molecular complexity index is 673. The van der Waals surface area contributed by atoms with E-state index in [-0.39, 0.29) is 16.8 Å². The summed E-state index contributed by atoms with van der Waals surface area (Å²) in [5.74, 6) is -0.296. The molecule has 0 amide bonds. The van der Waals surface area contributed by atoms with Crippen LogP contribution in [0.5, 0.6) is 0 Å². The average Bonchev–Trinajstić information content (AvgIpc) is 2.37. The Morgan fingerprint density at radius 2 is 1.81 bits per heavy atom. The number of rotatable bonds is 2. The second-order valence-electron chi connectivity index (χ2n) is 3.96. The normalized spacial score (nSPS) is 11.2. The fourth-order valence-corrected chi connectivity index (χ4v) is 1.88. The number of hydrogen-bond donors (Lipinski definition) is 2. The van der Waals surface area contributed by atoms with E-state index in [0.29, 0.717) is 5.56 Å². The van der Waals surface area contributed by atoms with Gasteiger partial charge in [-0.05, 0) is 30.4 Å². The minimum atomic E-state index is -4.60. The second kappa shape index (κ2) is 5.94. The molecule has 21 heavy (non-hydrogen) atoms. The van der Waals surface area contributed by atoms with Crippen molar-refractivity contribution in [2.24, 2.45) is 5.73 Å². The van der Waals surface area contributed by atoms with Gasteiger partial charge < -0.3 is 11.1 Å². The number of nitrogens with zero attached hydrogens (tertiary/aromatic N) is 2. The number of hydrogen-bond acceptors (Lipinski definition) is 3. The molecule has 0 spiro atoms. The van der Waals surface area contributed by atoms with Gasteiger partial charge in [0.15, 0.2) is 10.8 Å². The molecule has 110 valence electrons. The summed E-state index contributed by atoms with van der Waals surface area (Å²) in [4.78, 5) is 7.35. The average molecular weight is 377 g/mol. The predicted octanol–water partition coefficient (Wildman–Crippen LogP) is 3.58. The van der Waals surface area contributed by atoms with Gasteiger partial charge in [0.1, 0.15) is 0 Å². The zero-order chi connectivity index (χ0) is 15.6. The van der Waals surface area contributed by atoms with Crippen molar-refractivity contribution in [2.45, 2.75) is 6.18 Å². The minimum Gasteiger partial charge on any atom is -0.376 e. The Kier molecular flexibility index (Phi) is 4.43. The quantitative estimate of drug-likeness (QED) is 0.784. The predicted molar refractivity (Wildman–Crippen MR) is 80.6 cm³/mol. The molecule has 0 unspecified atom stereocenters. The van der Waals surface area contributed by atoms with Gasteiger partial charge in [0.2, 0.25) is 5.95 Å². The lowest BCUT2D eigenvalue weighted by atomic mass is 10.1. The van der Waals surface area contributed by atoms with Crippen molar-refractivity contribution in [3.8, 4) is 11.3 Å². The van der Waals surface area contributed by atoms with E-state index in [1.165, 1.54) is 0 Å². The second-order valence-corrected chi connectivity index (χ2v) is 5.31. The van der Waals surface area contributed by atoms with Crippen molar-refractivity contribution in [1.29, 1.82) is 0 Å². The number of thiocarbonyl (C=S) groups is 1. The first-order valence-corrected chi connectivity index (χ1v) is 6.74. The van der Waals surface area contributed by atoms with Crippen LogP contribution in [0.15, 0.2) is 34.8 Å². The SMILES string of the molecule is NC(=S)Nc1nc(-c2ccc(Br)cc2)cc(C(F)(F)F)n1. The number of halogens is 4. The highest BCUT2D eigenvalue weighted by molar-refractivity contribution is 9.10. The molecule has 1 aromatic heterocycles. The van der Waals surface area contributed by atoms with E-state index in [2.05, 4.69) is 43.4 Å². The summed E-state index contributed by atoms with van der Waals surface area (Å²) < 4.78 is 39.4. The van der Waals surface area contributed by atoms with Crippen molar-refractivity contribution in [2.75, 3.05) is 5.32 Å². The zero-order valence-electron chi connectivity index (χ0n) is 10.3. The fraction of sp³-hybridized carbons (Fsp3) is 0.0833. The summed E-state index contributed by atoms with van der Waals surface area (Å²) in [5, 5.41) is 2.10. The molecule has 0 saturated carbocycles. The Balaban J connectivity index is 2.54. The summed E-state index contributed by atoms with van der Waals surface area (Å²) in [6.45, 7) is 0. The molecule has 0 aliphatic heterocycles. The largest absolute Gasteiger partial charge is 0.433 e. The molecule has 0 radical (unpaired) electrons. The molecule has 0 aliphatic rings. The molecule has 0 saturated heterocycles. The minimum absolute atomic E-state index is 0.114. The van der Waals surface area contributed by atoms with Crippen LogP contribution in [0.25, 0.3) is 11.3 Å². The highest BCUT2D eigenvalue weighted by Gasteiger charge is 2.33. The van der Waals surface area contributed by atoms with Crippen LogP contribution in [-0.4, -0.2) is 15.1 Å². The maximum absolute atomic E-state index is 12.9. The van der Waals surface area contributed by atoms with E-state index in [0.717, 1.165) is 10.5 Å². The Morgan fingerprint density at radius 3 is 2.33 bits per heavy atom. The molecule has 3 N–H and O–H groups in total. The summed E-state index contributed by atoms with van der Waals surface area (Å²) >= 11 is 7.84. The number of anilines is 1. The van der Waals surface area contributed by atoms with Gasteiger partial charge in [-0.3, -0.25) is 0 Å². The van der Waals surface area contributed by atoms with E-state index in [1.807, 2.05) is 0 Å². The van der Waals surface area contributed by atoms with E-state index < -0.39 is 11.9 Å². The Morgan fingerprint density at radius 1 is 1.19 bits per heavy atom. The first kappa shape index (κ1) is 15.6. The summed E-state index contributed by atoms with van der Waals surface area (Å²) in [5.41, 5.74) is 4.80. The van der Waals surface area contributed by atoms with Gasteiger partial charge in [-0.25, -0.2) is 9.97 Å². The van der Waals surface area contributed by atoms with E-state index in [4.69, 9.17) is 5.73 Å². The maximum Gasteiger partial charge on any atom is 0.433 e. The smallest absolute Gasteiger partial charge is 0.376 e. The molecular weight excluding hydrogens is 369 g/mol. The number of alkyl halides is 3. The van der Waals surface area contributed by atoms with Crippen LogP contribution in [0.4, 0.5) is 19.1 Å². The van der Waals surface area contributed by atoms with Crippen LogP contribution >= 0.6 is 28.1 Å². The van der Waals surface area contributed by atoms with Crippen LogP contribution in [0, 0.1) is 0 Å². The van der Waals surface area contributed by atoms with Crippen LogP contribution < -0.4 is 11.1 Å². The molecule has 0 atom stereocenters. The van der Waals surface area contributed by atoms with Crippen molar-refractivity contribution >= 4 is 39.2 Å². The molecule has 4 nitrogen and oxygen atoms in total. The first-order chi connectivity index (χ1) is 9.75. The third-order valence-corrected chi connectivity index (χ3v) is 3.02.